The predicted octanol–water partition coefficient (Wildman–Crippen LogP) is 4.20. The molecule has 1 aromatic carbocycles. The van der Waals surface area contributed by atoms with Gasteiger partial charge < -0.3 is 0 Å². The van der Waals surface area contributed by atoms with Gasteiger partial charge >= 0.3 is 0 Å². The molecule has 0 aliphatic carbocycles. The molecule has 0 unspecified atom stereocenters. The molecule has 0 atom stereocenters. The van der Waals surface area contributed by atoms with Gasteiger partial charge in [-0.15, -0.1) is 11.3 Å². The number of hydrogen-bond acceptors (Lipinski definition) is 2. The van der Waals surface area contributed by atoms with Crippen molar-refractivity contribution >= 4 is 22.1 Å². The average molecular weight is 239 g/mol. The van der Waals surface area contributed by atoms with Gasteiger partial charge in [-0.05, 0) is 36.1 Å². The molecular formula is C15H13NS. The highest BCUT2D eigenvalue weighted by molar-refractivity contribution is 7.11. The molecule has 0 radical (unpaired) electrons. The first kappa shape index (κ1) is 10.5. The minimum absolute atomic E-state index is 1.02. The zero-order valence-corrected chi connectivity index (χ0v) is 10.5. The Balaban J connectivity index is 1.95. The molecule has 2 heterocycles. The van der Waals surface area contributed by atoms with Crippen molar-refractivity contribution in [2.75, 3.05) is 0 Å². The third kappa shape index (κ3) is 2.22. The van der Waals surface area contributed by atoms with Gasteiger partial charge in [0.2, 0.25) is 0 Å². The van der Waals surface area contributed by atoms with E-state index in [9.17, 15) is 0 Å². The van der Waals surface area contributed by atoms with Crippen molar-refractivity contribution in [2.45, 2.75) is 13.3 Å². The molecule has 0 aliphatic heterocycles. The lowest BCUT2D eigenvalue weighted by Crippen LogP contribution is -1.85. The molecule has 0 spiro atoms. The summed E-state index contributed by atoms with van der Waals surface area (Å²) in [6.07, 6.45) is 4.78. The van der Waals surface area contributed by atoms with E-state index in [2.05, 4.69) is 48.3 Å². The monoisotopic (exact) mass is 239 g/mol. The lowest BCUT2D eigenvalue weighted by Gasteiger charge is -2.01. The Morgan fingerprint density at radius 1 is 1.06 bits per heavy atom. The second-order valence-corrected chi connectivity index (χ2v) is 5.62. The van der Waals surface area contributed by atoms with Crippen LogP contribution in [0.3, 0.4) is 0 Å². The van der Waals surface area contributed by atoms with Gasteiger partial charge in [0, 0.05) is 34.0 Å². The van der Waals surface area contributed by atoms with Crippen molar-refractivity contribution in [3.63, 3.8) is 0 Å². The summed E-state index contributed by atoms with van der Waals surface area (Å²) in [6, 6.07) is 13.1. The van der Waals surface area contributed by atoms with E-state index in [0.717, 1.165) is 6.42 Å². The first-order chi connectivity index (χ1) is 8.31. The third-order valence-electron chi connectivity index (χ3n) is 2.88. The molecule has 2 heteroatoms. The van der Waals surface area contributed by atoms with Crippen molar-refractivity contribution in [3.8, 4) is 0 Å². The predicted molar refractivity (Wildman–Crippen MR) is 73.6 cm³/mol. The summed E-state index contributed by atoms with van der Waals surface area (Å²) < 4.78 is 0. The molecule has 3 rings (SSSR count). The van der Waals surface area contributed by atoms with Crippen LogP contribution in [0.25, 0.3) is 10.8 Å². The number of benzene rings is 1. The van der Waals surface area contributed by atoms with Crippen LogP contribution in [0, 0.1) is 6.92 Å². The van der Waals surface area contributed by atoms with Gasteiger partial charge in [0.15, 0.2) is 0 Å². The fourth-order valence-electron chi connectivity index (χ4n) is 2.02. The van der Waals surface area contributed by atoms with Gasteiger partial charge in [-0.3, -0.25) is 4.98 Å². The van der Waals surface area contributed by atoms with Gasteiger partial charge in [-0.2, -0.15) is 0 Å². The van der Waals surface area contributed by atoms with Gasteiger partial charge in [0.1, 0.15) is 0 Å². The maximum absolute atomic E-state index is 4.13. The quantitative estimate of drug-likeness (QED) is 0.653. The number of fused-ring (bicyclic) bond motifs is 1. The van der Waals surface area contributed by atoms with Crippen LogP contribution in [-0.2, 0) is 6.42 Å². The lowest BCUT2D eigenvalue weighted by atomic mass is 10.1. The molecule has 17 heavy (non-hydrogen) atoms. The Kier molecular flexibility index (Phi) is 2.65. The number of hydrogen-bond donors (Lipinski definition) is 0. The van der Waals surface area contributed by atoms with Gasteiger partial charge in [-0.1, -0.05) is 18.2 Å². The Morgan fingerprint density at radius 3 is 2.82 bits per heavy atom. The van der Waals surface area contributed by atoms with E-state index in [1.807, 2.05) is 23.7 Å². The van der Waals surface area contributed by atoms with Crippen LogP contribution in [0.5, 0.6) is 0 Å². The fraction of sp³-hybridized carbons (Fsp3) is 0.133. The maximum Gasteiger partial charge on any atom is 0.0346 e. The summed E-state index contributed by atoms with van der Waals surface area (Å²) in [5.74, 6) is 0. The molecule has 2 aromatic heterocycles. The molecule has 0 fully saturated rings. The molecule has 0 aliphatic rings. The summed E-state index contributed by atoms with van der Waals surface area (Å²) in [4.78, 5) is 6.94. The molecule has 0 amide bonds. The number of aryl methyl sites for hydroxylation is 1. The van der Waals surface area contributed by atoms with Crippen molar-refractivity contribution in [3.05, 3.63) is 64.1 Å². The lowest BCUT2D eigenvalue weighted by molar-refractivity contribution is 1.25. The summed E-state index contributed by atoms with van der Waals surface area (Å²) in [5.41, 5.74) is 1.37. The Hall–Kier alpha value is -1.67. The normalized spacial score (nSPS) is 10.9. The fourth-order valence-corrected chi connectivity index (χ4v) is 2.95. The molecule has 84 valence electrons. The minimum atomic E-state index is 1.02. The largest absolute Gasteiger partial charge is 0.264 e. The van der Waals surface area contributed by atoms with Crippen molar-refractivity contribution in [1.82, 2.24) is 4.98 Å². The number of rotatable bonds is 2. The van der Waals surface area contributed by atoms with Crippen LogP contribution in [-0.4, -0.2) is 4.98 Å². The average Bonchev–Trinajstić information content (AvgIpc) is 2.75. The van der Waals surface area contributed by atoms with Crippen LogP contribution in [0.2, 0.25) is 0 Å². The summed E-state index contributed by atoms with van der Waals surface area (Å²) in [6.45, 7) is 2.15. The molecule has 0 N–H and O–H groups in total. The zero-order chi connectivity index (χ0) is 11.7. The second-order valence-electron chi connectivity index (χ2n) is 4.25. The van der Waals surface area contributed by atoms with E-state index in [-0.39, 0.29) is 0 Å². The van der Waals surface area contributed by atoms with E-state index in [0.29, 0.717) is 0 Å². The second kappa shape index (κ2) is 4.30. The Morgan fingerprint density at radius 2 is 2.00 bits per heavy atom. The van der Waals surface area contributed by atoms with Crippen molar-refractivity contribution in [1.29, 1.82) is 0 Å². The highest BCUT2D eigenvalue weighted by atomic mass is 32.1. The van der Waals surface area contributed by atoms with E-state index in [4.69, 9.17) is 0 Å². The standard InChI is InChI=1S/C15H13NS/c1-11-2-5-15(17-11)9-12-3-4-14-10-16-7-6-13(14)8-12/h2-8,10H,9H2,1H3. The zero-order valence-electron chi connectivity index (χ0n) is 9.68. The molecule has 1 nitrogen and oxygen atoms in total. The molecule has 0 saturated carbocycles. The molecule has 0 bridgehead atoms. The molecule has 3 aromatic rings. The van der Waals surface area contributed by atoms with Crippen molar-refractivity contribution in [2.24, 2.45) is 0 Å². The van der Waals surface area contributed by atoms with Crippen LogP contribution in [0.1, 0.15) is 15.3 Å². The van der Waals surface area contributed by atoms with Crippen LogP contribution in [0.4, 0.5) is 0 Å². The Bertz CT molecular complexity index is 655. The highest BCUT2D eigenvalue weighted by Crippen LogP contribution is 2.21. The third-order valence-corrected chi connectivity index (χ3v) is 3.88. The maximum atomic E-state index is 4.13. The number of nitrogens with zero attached hydrogens (tertiary/aromatic N) is 1. The Labute approximate surface area is 105 Å². The van der Waals surface area contributed by atoms with E-state index >= 15 is 0 Å². The topological polar surface area (TPSA) is 12.9 Å². The van der Waals surface area contributed by atoms with Gasteiger partial charge in [0.05, 0.1) is 0 Å². The first-order valence-corrected chi connectivity index (χ1v) is 6.51. The number of aromatic nitrogens is 1. The van der Waals surface area contributed by atoms with Crippen LogP contribution in [0.15, 0.2) is 48.8 Å². The first-order valence-electron chi connectivity index (χ1n) is 5.69. The highest BCUT2D eigenvalue weighted by Gasteiger charge is 2.00. The summed E-state index contributed by atoms with van der Waals surface area (Å²) >= 11 is 1.88. The van der Waals surface area contributed by atoms with Gasteiger partial charge in [0.25, 0.3) is 0 Å². The van der Waals surface area contributed by atoms with E-state index in [1.54, 1.807) is 0 Å². The van der Waals surface area contributed by atoms with E-state index in [1.165, 1.54) is 26.1 Å². The van der Waals surface area contributed by atoms with Crippen LogP contribution >= 0.6 is 11.3 Å². The van der Waals surface area contributed by atoms with Crippen LogP contribution < -0.4 is 0 Å². The number of thiophene rings is 1. The van der Waals surface area contributed by atoms with Crippen molar-refractivity contribution < 1.29 is 0 Å². The smallest absolute Gasteiger partial charge is 0.0346 e. The van der Waals surface area contributed by atoms with E-state index < -0.39 is 0 Å². The molecular weight excluding hydrogens is 226 g/mol. The minimum Gasteiger partial charge on any atom is -0.264 e. The SMILES string of the molecule is Cc1ccc(Cc2ccc3cnccc3c2)s1. The summed E-state index contributed by atoms with van der Waals surface area (Å²) in [5, 5.41) is 2.48. The van der Waals surface area contributed by atoms with Gasteiger partial charge in [-0.25, -0.2) is 0 Å². The molecule has 0 saturated heterocycles. The summed E-state index contributed by atoms with van der Waals surface area (Å²) in [7, 11) is 0. The number of pyridine rings is 1.